The Balaban J connectivity index is 1.22. The first-order valence-corrected chi connectivity index (χ1v) is 17.4. The first-order valence-electron chi connectivity index (χ1n) is 17.4. The summed E-state index contributed by atoms with van der Waals surface area (Å²) in [6.45, 7) is 19.0. The Morgan fingerprint density at radius 1 is 1.00 bits per heavy atom. The molecule has 13 nitrogen and oxygen atoms in total. The van der Waals surface area contributed by atoms with E-state index in [1.54, 1.807) is 42.5 Å². The van der Waals surface area contributed by atoms with Crippen molar-refractivity contribution in [3.63, 3.8) is 0 Å². The highest BCUT2D eigenvalue weighted by atomic mass is 19.1. The van der Waals surface area contributed by atoms with Gasteiger partial charge in [0.15, 0.2) is 0 Å². The quantitative estimate of drug-likeness (QED) is 0.151. The summed E-state index contributed by atoms with van der Waals surface area (Å²) in [4.78, 5) is 64.1. The first kappa shape index (κ1) is 39.6. The Morgan fingerprint density at radius 2 is 1.69 bits per heavy atom. The zero-order valence-corrected chi connectivity index (χ0v) is 30.7. The van der Waals surface area contributed by atoms with Gasteiger partial charge in [0, 0.05) is 47.8 Å². The molecule has 1 unspecified atom stereocenters. The van der Waals surface area contributed by atoms with Crippen molar-refractivity contribution in [3.8, 4) is 5.75 Å². The number of hydrogen-bond donors (Lipinski definition) is 4. The third-order valence-electron chi connectivity index (χ3n) is 9.23. The van der Waals surface area contributed by atoms with Crippen molar-refractivity contribution in [1.29, 1.82) is 0 Å². The van der Waals surface area contributed by atoms with Crippen molar-refractivity contribution in [2.45, 2.75) is 78.7 Å². The summed E-state index contributed by atoms with van der Waals surface area (Å²) in [7, 11) is 0. The fourth-order valence-electron chi connectivity index (χ4n) is 6.67. The van der Waals surface area contributed by atoms with Gasteiger partial charge in [0.1, 0.15) is 29.5 Å². The van der Waals surface area contributed by atoms with Crippen molar-refractivity contribution in [3.05, 3.63) is 77.0 Å². The molecule has 52 heavy (non-hydrogen) atoms. The molecule has 278 valence electrons. The minimum absolute atomic E-state index is 0.0830. The topological polar surface area (TPSA) is 173 Å². The number of nitrogens with one attached hydrogen (secondary N) is 3. The van der Waals surface area contributed by atoms with Crippen LogP contribution in [0.4, 0.5) is 4.39 Å². The molecule has 1 fully saturated rings. The smallest absolute Gasteiger partial charge is 0.300 e. The van der Waals surface area contributed by atoms with E-state index in [0.717, 1.165) is 6.42 Å². The van der Waals surface area contributed by atoms with E-state index in [0.29, 0.717) is 47.2 Å². The van der Waals surface area contributed by atoms with Crippen molar-refractivity contribution in [1.82, 2.24) is 30.8 Å². The van der Waals surface area contributed by atoms with Crippen LogP contribution in [0.5, 0.6) is 5.75 Å². The summed E-state index contributed by atoms with van der Waals surface area (Å²) >= 11 is 0. The zero-order chi connectivity index (χ0) is 38.3. The number of carbonyl (C=O) groups excluding carboxylic acids is 4. The number of nitrogens with two attached hydrogens (primary N) is 1. The molecule has 5 N–H and O–H groups in total. The van der Waals surface area contributed by atoms with Gasteiger partial charge in [-0.1, -0.05) is 53.7 Å². The monoisotopic (exact) mass is 716 g/mol. The molecule has 2 atom stereocenters. The van der Waals surface area contributed by atoms with Crippen LogP contribution in [0.2, 0.25) is 0 Å². The number of fused-ring (bicyclic) bond motifs is 1. The Bertz CT molecular complexity index is 1800. The zero-order valence-electron chi connectivity index (χ0n) is 30.7. The van der Waals surface area contributed by atoms with Crippen LogP contribution in [0.3, 0.4) is 0 Å². The van der Waals surface area contributed by atoms with Gasteiger partial charge in [0.2, 0.25) is 11.8 Å². The van der Waals surface area contributed by atoms with Crippen LogP contribution in [0.1, 0.15) is 87.2 Å². The van der Waals surface area contributed by atoms with Crippen molar-refractivity contribution in [2.24, 2.45) is 16.6 Å². The van der Waals surface area contributed by atoms with Gasteiger partial charge in [-0.15, -0.1) is 0 Å². The van der Waals surface area contributed by atoms with E-state index in [4.69, 9.17) is 17.0 Å². The highest BCUT2D eigenvalue weighted by Crippen LogP contribution is 2.54. The van der Waals surface area contributed by atoms with Gasteiger partial charge in [-0.2, -0.15) is 0 Å². The number of ether oxygens (including phenoxy) is 1. The van der Waals surface area contributed by atoms with E-state index in [2.05, 4.69) is 30.8 Å². The minimum atomic E-state index is -1.64. The lowest BCUT2D eigenvalue weighted by Crippen LogP contribution is -2.48. The van der Waals surface area contributed by atoms with Crippen LogP contribution in [0.25, 0.3) is 15.7 Å². The summed E-state index contributed by atoms with van der Waals surface area (Å²) in [6, 6.07) is 10.5. The molecule has 4 amide bonds. The Kier molecular flexibility index (Phi) is 12.5. The normalized spacial score (nSPS) is 15.4. The molecule has 0 radical (unpaired) electrons. The Labute approximate surface area is 304 Å². The molecule has 1 aliphatic heterocycles. The number of nitrogens with zero attached hydrogens (tertiary/aromatic N) is 4. The maximum atomic E-state index is 16.4. The molecule has 0 aliphatic carbocycles. The van der Waals surface area contributed by atoms with Gasteiger partial charge in [-0.3, -0.25) is 28.9 Å². The van der Waals surface area contributed by atoms with Crippen LogP contribution in [-0.4, -0.2) is 83.5 Å². The molecule has 0 spiro atoms. The van der Waals surface area contributed by atoms with E-state index >= 15 is 4.39 Å². The number of carbonyl (C=O) groups is 4. The average Bonchev–Trinajstić information content (AvgIpc) is 3.60. The lowest BCUT2D eigenvalue weighted by molar-refractivity contribution is -0.130. The molecular weight excluding hydrogens is 667 g/mol. The van der Waals surface area contributed by atoms with E-state index in [-0.39, 0.29) is 37.8 Å². The second-order valence-electron chi connectivity index (χ2n) is 15.0. The third kappa shape index (κ3) is 9.00. The molecule has 2 aromatic carbocycles. The largest absolute Gasteiger partial charge is 0.494 e. The van der Waals surface area contributed by atoms with Crippen LogP contribution >= 0.6 is 0 Å². The van der Waals surface area contributed by atoms with Gasteiger partial charge >= 0.3 is 6.17 Å². The molecule has 14 heteroatoms. The predicted molar refractivity (Wildman–Crippen MR) is 195 cm³/mol. The van der Waals surface area contributed by atoms with Gasteiger partial charge in [0.05, 0.1) is 18.7 Å². The SMILES string of the molecule is [C-]#[N+]C1CCCN1C(=O)CNC(=O)c1ncnc2ccc(OCCCNC(=O)[C@H](N)CNC(=O)c3ccc(C(F)(C(C)(C)C)C(C)(C)C)cc3)cc12. The second kappa shape index (κ2) is 16.5. The molecule has 3 aromatic rings. The fraction of sp³-hybridized carbons (Fsp3) is 0.500. The van der Waals surface area contributed by atoms with Crippen LogP contribution < -0.4 is 26.4 Å². The summed E-state index contributed by atoms with van der Waals surface area (Å²) in [6.07, 6.45) is 2.59. The van der Waals surface area contributed by atoms with Crippen molar-refractivity contribution in [2.75, 3.05) is 32.8 Å². The van der Waals surface area contributed by atoms with Crippen molar-refractivity contribution >= 4 is 34.5 Å². The summed E-state index contributed by atoms with van der Waals surface area (Å²) in [5.41, 5.74) is 4.43. The van der Waals surface area contributed by atoms with Crippen LogP contribution in [0.15, 0.2) is 48.8 Å². The molecular formula is C38H49FN8O5. The number of amides is 4. The van der Waals surface area contributed by atoms with E-state index in [9.17, 15) is 19.2 Å². The van der Waals surface area contributed by atoms with Gasteiger partial charge in [0.25, 0.3) is 11.8 Å². The number of hydrogen-bond acceptors (Lipinski definition) is 8. The number of rotatable bonds is 13. The average molecular weight is 717 g/mol. The summed E-state index contributed by atoms with van der Waals surface area (Å²) in [5, 5.41) is 8.44. The Hall–Kier alpha value is -5.16. The number of alkyl halides is 1. The second-order valence-corrected chi connectivity index (χ2v) is 15.0. The minimum Gasteiger partial charge on any atom is -0.494 e. The number of aromatic nitrogens is 2. The lowest BCUT2D eigenvalue weighted by Gasteiger charge is -2.47. The van der Waals surface area contributed by atoms with Crippen LogP contribution in [-0.2, 0) is 15.3 Å². The molecule has 2 heterocycles. The van der Waals surface area contributed by atoms with Crippen LogP contribution in [0, 0.1) is 17.4 Å². The highest BCUT2D eigenvalue weighted by Gasteiger charge is 2.52. The Morgan fingerprint density at radius 3 is 2.35 bits per heavy atom. The van der Waals surface area contributed by atoms with Gasteiger partial charge < -0.3 is 26.4 Å². The predicted octanol–water partition coefficient (Wildman–Crippen LogP) is 4.13. The molecule has 1 saturated heterocycles. The molecule has 1 aliphatic rings. The molecule has 0 saturated carbocycles. The molecule has 1 aromatic heterocycles. The van der Waals surface area contributed by atoms with E-state index in [1.165, 1.54) is 11.2 Å². The first-order chi connectivity index (χ1) is 24.5. The number of benzene rings is 2. The standard InChI is InChI=1S/C38H49FN8O5/c1-36(2,3)38(39,37(4,5)6)25-13-11-24(12-14-25)33(49)43-21-28(40)34(50)42-17-9-19-52-26-15-16-29-27(20-26)32(46-23-45-29)35(51)44-22-31(48)47-18-8-10-30(47)41-7/h11-16,20,23,28,30H,8-10,17-19,21-22,40H2,1-6H3,(H,42,50)(H,43,49)(H,44,51)/t28-,30?/m1/s1. The third-order valence-corrected chi connectivity index (χ3v) is 9.23. The molecule has 4 rings (SSSR count). The summed E-state index contributed by atoms with van der Waals surface area (Å²) < 4.78 is 22.3. The fourth-order valence-corrected chi connectivity index (χ4v) is 6.67. The maximum Gasteiger partial charge on any atom is 0.300 e. The highest BCUT2D eigenvalue weighted by molar-refractivity contribution is 6.05. The number of likely N-dealkylation sites (tertiary alicyclic amines) is 1. The molecule has 0 bridgehead atoms. The lowest BCUT2D eigenvalue weighted by atomic mass is 9.61. The number of halogens is 1. The van der Waals surface area contributed by atoms with Gasteiger partial charge in [-0.25, -0.2) is 20.9 Å². The van der Waals surface area contributed by atoms with Crippen molar-refractivity contribution < 1.29 is 28.3 Å². The van der Waals surface area contributed by atoms with Gasteiger partial charge in [-0.05, 0) is 48.7 Å². The maximum absolute atomic E-state index is 16.4. The summed E-state index contributed by atoms with van der Waals surface area (Å²) in [5.74, 6) is -1.29. The van der Waals surface area contributed by atoms with E-state index in [1.807, 2.05) is 41.5 Å². The van der Waals surface area contributed by atoms with E-state index < -0.39 is 46.4 Å².